The van der Waals surface area contributed by atoms with E-state index in [1.807, 2.05) is 30.3 Å². The number of rotatable bonds is 6. The lowest BCUT2D eigenvalue weighted by Crippen LogP contribution is -2.11. The lowest BCUT2D eigenvalue weighted by Gasteiger charge is -2.15. The molecule has 1 fully saturated rings. The summed E-state index contributed by atoms with van der Waals surface area (Å²) >= 11 is 0. The topological polar surface area (TPSA) is 85.6 Å². The highest BCUT2D eigenvalue weighted by atomic mass is 16.5. The van der Waals surface area contributed by atoms with E-state index in [1.54, 1.807) is 6.07 Å². The van der Waals surface area contributed by atoms with Crippen molar-refractivity contribution in [2.45, 2.75) is 31.7 Å². The van der Waals surface area contributed by atoms with Crippen LogP contribution in [-0.2, 0) is 16.1 Å². The molecule has 7 nitrogen and oxygen atoms in total. The zero-order chi connectivity index (χ0) is 23.9. The minimum Gasteiger partial charge on any atom is -0.465 e. The van der Waals surface area contributed by atoms with Gasteiger partial charge >= 0.3 is 5.97 Å². The van der Waals surface area contributed by atoms with Crippen molar-refractivity contribution in [3.8, 4) is 11.1 Å². The van der Waals surface area contributed by atoms with Crippen LogP contribution in [0, 0.1) is 0 Å². The van der Waals surface area contributed by atoms with Gasteiger partial charge < -0.3 is 9.30 Å². The zero-order valence-electron chi connectivity index (χ0n) is 19.3. The van der Waals surface area contributed by atoms with Crippen molar-refractivity contribution in [1.29, 1.82) is 0 Å². The van der Waals surface area contributed by atoms with E-state index in [0.717, 1.165) is 57.7 Å². The number of ether oxygens (including phenoxy) is 1. The molecule has 174 valence electrons. The average Bonchev–Trinajstić information content (AvgIpc) is 3.55. The molecule has 1 aromatic heterocycles. The van der Waals surface area contributed by atoms with Gasteiger partial charge in [-0.05, 0) is 47.7 Å². The summed E-state index contributed by atoms with van der Waals surface area (Å²) in [7, 11) is 1.40. The second-order valence-corrected chi connectivity index (χ2v) is 9.01. The Morgan fingerprint density at radius 3 is 2.60 bits per heavy atom. The van der Waals surface area contributed by atoms with Crippen molar-refractivity contribution in [2.24, 2.45) is 5.10 Å². The van der Waals surface area contributed by atoms with Gasteiger partial charge in [-0.2, -0.15) is 5.10 Å². The summed E-state index contributed by atoms with van der Waals surface area (Å²) in [5.41, 5.74) is 9.47. The molecule has 0 bridgehead atoms. The number of hydrogen-bond donors (Lipinski definition) is 1. The molecule has 3 aromatic carbocycles. The fourth-order valence-electron chi connectivity index (χ4n) is 4.79. The number of imidazole rings is 1. The predicted octanol–water partition coefficient (Wildman–Crippen LogP) is 4.64. The number of nitrogens with zero attached hydrogens (tertiary/aromatic N) is 3. The lowest BCUT2D eigenvalue weighted by atomic mass is 9.93. The molecule has 6 rings (SSSR count). The van der Waals surface area contributed by atoms with Crippen molar-refractivity contribution in [2.75, 3.05) is 7.11 Å². The third-order valence-electron chi connectivity index (χ3n) is 6.61. The summed E-state index contributed by atoms with van der Waals surface area (Å²) in [4.78, 5) is 29.4. The van der Waals surface area contributed by atoms with E-state index in [4.69, 9.17) is 9.72 Å². The molecule has 1 aliphatic carbocycles. The fourth-order valence-corrected chi connectivity index (χ4v) is 4.79. The Labute approximate surface area is 202 Å². The van der Waals surface area contributed by atoms with Gasteiger partial charge in [-0.1, -0.05) is 48.5 Å². The molecule has 35 heavy (non-hydrogen) atoms. The van der Waals surface area contributed by atoms with Crippen LogP contribution in [0.1, 0.15) is 52.5 Å². The van der Waals surface area contributed by atoms with Crippen molar-refractivity contribution >= 4 is 28.6 Å². The quantitative estimate of drug-likeness (QED) is 0.421. The second-order valence-electron chi connectivity index (χ2n) is 9.01. The number of esters is 1. The van der Waals surface area contributed by atoms with Gasteiger partial charge in [0.25, 0.3) is 0 Å². The van der Waals surface area contributed by atoms with Gasteiger partial charge in [-0.15, -0.1) is 0 Å². The molecular formula is C28H24N4O3. The first-order valence-corrected chi connectivity index (χ1v) is 11.7. The first-order valence-electron chi connectivity index (χ1n) is 11.7. The molecule has 1 aliphatic heterocycles. The fraction of sp³-hybridized carbons (Fsp3) is 0.214. The number of benzene rings is 3. The average molecular weight is 465 g/mol. The number of amides is 1. The Bertz CT molecular complexity index is 1500. The highest BCUT2D eigenvalue weighted by Gasteiger charge is 2.31. The number of hydrazone groups is 1. The molecule has 7 heteroatoms. The molecule has 2 aliphatic rings. The summed E-state index contributed by atoms with van der Waals surface area (Å²) in [6, 6.07) is 22.0. The molecule has 1 N–H and O–H groups in total. The normalized spacial score (nSPS) is 15.2. The second kappa shape index (κ2) is 8.51. The highest BCUT2D eigenvalue weighted by molar-refractivity contribution is 6.16. The minimum atomic E-state index is -0.371. The monoisotopic (exact) mass is 464 g/mol. The first kappa shape index (κ1) is 21.3. The largest absolute Gasteiger partial charge is 0.465 e. The van der Waals surface area contributed by atoms with Gasteiger partial charge in [0, 0.05) is 18.0 Å². The van der Waals surface area contributed by atoms with Gasteiger partial charge in [0.05, 0.1) is 35.8 Å². The molecular weight excluding hydrogens is 440 g/mol. The Hall–Kier alpha value is -4.26. The maximum Gasteiger partial charge on any atom is 0.340 e. The summed E-state index contributed by atoms with van der Waals surface area (Å²) < 4.78 is 7.21. The summed E-state index contributed by atoms with van der Waals surface area (Å²) in [5.74, 6) is 0.921. The Kier molecular flexibility index (Phi) is 5.17. The number of methoxy groups -OCH3 is 1. The van der Waals surface area contributed by atoms with Gasteiger partial charge in [-0.25, -0.2) is 15.2 Å². The smallest absolute Gasteiger partial charge is 0.340 e. The number of para-hydroxylation sites is 1. The van der Waals surface area contributed by atoms with Gasteiger partial charge in [0.2, 0.25) is 5.91 Å². The molecule has 0 atom stereocenters. The van der Waals surface area contributed by atoms with E-state index < -0.39 is 0 Å². The number of fused-ring (bicyclic) bond motifs is 1. The number of nitrogens with one attached hydrogen (secondary N) is 1. The molecule has 1 saturated carbocycles. The van der Waals surface area contributed by atoms with Gasteiger partial charge in [-0.3, -0.25) is 4.79 Å². The van der Waals surface area contributed by atoms with Crippen molar-refractivity contribution < 1.29 is 14.3 Å². The molecule has 0 saturated heterocycles. The third kappa shape index (κ3) is 3.89. The van der Waals surface area contributed by atoms with Crippen LogP contribution < -0.4 is 5.43 Å². The van der Waals surface area contributed by atoms with Crippen LogP contribution in [0.2, 0.25) is 0 Å². The molecule has 1 amide bonds. The van der Waals surface area contributed by atoms with Crippen LogP contribution >= 0.6 is 0 Å². The molecule has 0 unspecified atom stereocenters. The van der Waals surface area contributed by atoms with Crippen molar-refractivity contribution in [3.63, 3.8) is 0 Å². The Morgan fingerprint density at radius 1 is 1.06 bits per heavy atom. The summed E-state index contributed by atoms with van der Waals surface area (Å²) in [5, 5.41) is 4.30. The van der Waals surface area contributed by atoms with Crippen LogP contribution in [0.15, 0.2) is 71.8 Å². The summed E-state index contributed by atoms with van der Waals surface area (Å²) in [6.07, 6.45) is 2.44. The SMILES string of the molecule is COC(=O)c1cccc2nc(C3CC3)n(Cc3ccc(-c4ccccc4)c(C4=NNC(=O)C4)c3)c12. The van der Waals surface area contributed by atoms with Crippen LogP contribution in [-0.4, -0.2) is 34.2 Å². The molecule has 4 aromatic rings. The van der Waals surface area contributed by atoms with Crippen LogP contribution in [0.5, 0.6) is 0 Å². The molecule has 2 heterocycles. The predicted molar refractivity (Wildman–Crippen MR) is 133 cm³/mol. The van der Waals surface area contributed by atoms with Crippen molar-refractivity contribution in [3.05, 3.63) is 89.2 Å². The van der Waals surface area contributed by atoms with Crippen molar-refractivity contribution in [1.82, 2.24) is 15.0 Å². The lowest BCUT2D eigenvalue weighted by molar-refractivity contribution is -0.119. The van der Waals surface area contributed by atoms with E-state index in [9.17, 15) is 9.59 Å². The first-order chi connectivity index (χ1) is 17.1. The number of carbonyl (C=O) groups is 2. The van der Waals surface area contributed by atoms with Crippen LogP contribution in [0.25, 0.3) is 22.2 Å². The minimum absolute atomic E-state index is 0.108. The number of aromatic nitrogens is 2. The molecule has 0 spiro atoms. The number of hydrogen-bond acceptors (Lipinski definition) is 5. The Balaban J connectivity index is 1.48. The maximum absolute atomic E-state index is 12.6. The van der Waals surface area contributed by atoms with E-state index in [2.05, 4.69) is 45.4 Å². The van der Waals surface area contributed by atoms with E-state index >= 15 is 0 Å². The highest BCUT2D eigenvalue weighted by Crippen LogP contribution is 2.41. The number of carbonyl (C=O) groups excluding carboxylic acids is 2. The third-order valence-corrected chi connectivity index (χ3v) is 6.61. The summed E-state index contributed by atoms with van der Waals surface area (Å²) in [6.45, 7) is 0.549. The van der Waals surface area contributed by atoms with E-state index in [1.165, 1.54) is 7.11 Å². The van der Waals surface area contributed by atoms with Gasteiger partial charge in [0.1, 0.15) is 5.82 Å². The maximum atomic E-state index is 12.6. The Morgan fingerprint density at radius 2 is 1.89 bits per heavy atom. The van der Waals surface area contributed by atoms with Crippen LogP contribution in [0.3, 0.4) is 0 Å². The van der Waals surface area contributed by atoms with E-state index in [0.29, 0.717) is 18.0 Å². The standard InChI is InChI=1S/C28H24N4O3/c1-35-28(34)21-8-5-9-23-26(21)32(27(29-23)19-11-12-19)16-17-10-13-20(18-6-3-2-4-7-18)22(14-17)24-15-25(33)31-30-24/h2-10,13-14,19H,11-12,15-16H2,1H3,(H,31,33). The van der Waals surface area contributed by atoms with E-state index in [-0.39, 0.29) is 18.3 Å². The zero-order valence-corrected chi connectivity index (χ0v) is 19.3. The van der Waals surface area contributed by atoms with Gasteiger partial charge in [0.15, 0.2) is 0 Å². The molecule has 0 radical (unpaired) electrons. The van der Waals surface area contributed by atoms with Crippen LogP contribution in [0.4, 0.5) is 0 Å².